The Kier molecular flexibility index (Phi) is 5.17. The van der Waals surface area contributed by atoms with Crippen LogP contribution in [0, 0.1) is 23.2 Å². The van der Waals surface area contributed by atoms with Crippen LogP contribution in [0.5, 0.6) is 0 Å². The maximum Gasteiger partial charge on any atom is 0.306 e. The Morgan fingerprint density at radius 2 is 2.06 bits per heavy atom. The third-order valence-corrected chi connectivity index (χ3v) is 4.42. The fourth-order valence-corrected chi connectivity index (χ4v) is 3.39. The lowest BCUT2D eigenvalue weighted by Gasteiger charge is -2.43. The summed E-state index contributed by atoms with van der Waals surface area (Å²) in [5, 5.41) is 27.9. The highest BCUT2D eigenvalue weighted by Crippen LogP contribution is 2.47. The van der Waals surface area contributed by atoms with Crippen molar-refractivity contribution in [2.24, 2.45) is 23.2 Å². The Morgan fingerprint density at radius 3 is 2.50 bits per heavy atom. The van der Waals surface area contributed by atoms with Gasteiger partial charge in [-0.3, -0.25) is 4.79 Å². The molecule has 0 bridgehead atoms. The van der Waals surface area contributed by atoms with Crippen LogP contribution >= 0.6 is 0 Å². The summed E-state index contributed by atoms with van der Waals surface area (Å²) in [5.41, 5.74) is -0.170. The van der Waals surface area contributed by atoms with Gasteiger partial charge in [-0.15, -0.1) is 0 Å². The smallest absolute Gasteiger partial charge is 0.306 e. The van der Waals surface area contributed by atoms with Crippen molar-refractivity contribution in [3.05, 3.63) is 0 Å². The molecule has 0 aromatic carbocycles. The Morgan fingerprint density at radius 1 is 1.44 bits per heavy atom. The van der Waals surface area contributed by atoms with Crippen LogP contribution in [0.3, 0.4) is 0 Å². The van der Waals surface area contributed by atoms with Gasteiger partial charge in [-0.25, -0.2) is 0 Å². The molecule has 18 heavy (non-hydrogen) atoms. The summed E-state index contributed by atoms with van der Waals surface area (Å²) in [6.45, 7) is 5.93. The number of carbonyl (C=O) groups is 1. The lowest BCUT2D eigenvalue weighted by Crippen LogP contribution is -2.40. The van der Waals surface area contributed by atoms with Gasteiger partial charge in [0, 0.05) is 0 Å². The van der Waals surface area contributed by atoms with E-state index in [1.54, 1.807) is 0 Å². The molecule has 0 spiro atoms. The van der Waals surface area contributed by atoms with E-state index in [0.717, 1.165) is 12.8 Å². The number of hydrogen-bond acceptors (Lipinski definition) is 3. The van der Waals surface area contributed by atoms with Gasteiger partial charge in [-0.05, 0) is 42.9 Å². The first-order chi connectivity index (χ1) is 8.29. The van der Waals surface area contributed by atoms with Crippen LogP contribution in [-0.4, -0.2) is 34.0 Å². The molecular weight excluding hydrogens is 232 g/mol. The molecule has 1 aliphatic carbocycles. The molecule has 0 radical (unpaired) electrons. The molecule has 3 N–H and O–H groups in total. The minimum Gasteiger partial charge on any atom is -0.481 e. The molecule has 0 aliphatic heterocycles. The molecule has 0 amide bonds. The molecule has 4 heteroatoms. The van der Waals surface area contributed by atoms with Crippen LogP contribution in [0.1, 0.15) is 46.5 Å². The zero-order valence-electron chi connectivity index (χ0n) is 11.6. The van der Waals surface area contributed by atoms with Crippen LogP contribution in [0.2, 0.25) is 0 Å². The van der Waals surface area contributed by atoms with Gasteiger partial charge in [-0.2, -0.15) is 0 Å². The normalized spacial score (nSPS) is 34.6. The molecule has 1 fully saturated rings. The van der Waals surface area contributed by atoms with Crippen molar-refractivity contribution in [3.63, 3.8) is 0 Å². The third kappa shape index (κ3) is 3.69. The predicted octanol–water partition coefficient (Wildman–Crippen LogP) is 1.89. The fraction of sp³-hybridized carbons (Fsp3) is 0.929. The predicted molar refractivity (Wildman–Crippen MR) is 69.1 cm³/mol. The van der Waals surface area contributed by atoms with Crippen molar-refractivity contribution in [2.45, 2.75) is 52.6 Å². The zero-order valence-corrected chi connectivity index (χ0v) is 11.6. The van der Waals surface area contributed by atoms with Gasteiger partial charge >= 0.3 is 5.97 Å². The Balaban J connectivity index is 2.76. The van der Waals surface area contributed by atoms with Crippen LogP contribution < -0.4 is 0 Å². The minimum absolute atomic E-state index is 0.170. The number of hydrogen-bond donors (Lipinski definition) is 3. The van der Waals surface area contributed by atoms with Gasteiger partial charge < -0.3 is 15.3 Å². The van der Waals surface area contributed by atoms with Crippen molar-refractivity contribution < 1.29 is 20.1 Å². The lowest BCUT2D eigenvalue weighted by atomic mass is 9.62. The first-order valence-corrected chi connectivity index (χ1v) is 6.81. The minimum atomic E-state index is -0.736. The zero-order chi connectivity index (χ0) is 13.9. The van der Waals surface area contributed by atoms with Crippen molar-refractivity contribution >= 4 is 5.97 Å². The molecule has 1 saturated carbocycles. The van der Waals surface area contributed by atoms with Crippen molar-refractivity contribution in [1.82, 2.24) is 0 Å². The maximum absolute atomic E-state index is 11.4. The van der Waals surface area contributed by atoms with E-state index in [2.05, 4.69) is 13.8 Å². The van der Waals surface area contributed by atoms with Crippen LogP contribution in [0.15, 0.2) is 0 Å². The molecule has 1 rings (SSSR count). The number of carboxylic acid groups (broad SMARTS) is 1. The van der Waals surface area contributed by atoms with E-state index < -0.39 is 12.1 Å². The van der Waals surface area contributed by atoms with Gasteiger partial charge in [0.2, 0.25) is 0 Å². The quantitative estimate of drug-likeness (QED) is 0.703. The molecule has 1 aliphatic rings. The second-order valence-electron chi connectivity index (χ2n) is 6.45. The summed E-state index contributed by atoms with van der Waals surface area (Å²) in [5.74, 6) is -0.451. The molecule has 0 aromatic rings. The molecule has 0 heterocycles. The Bertz CT molecular complexity index is 290. The van der Waals surface area contributed by atoms with Gasteiger partial charge in [0.15, 0.2) is 0 Å². The average molecular weight is 258 g/mol. The summed E-state index contributed by atoms with van der Waals surface area (Å²) in [4.78, 5) is 11.4. The van der Waals surface area contributed by atoms with E-state index in [1.807, 2.05) is 6.92 Å². The number of rotatable bonds is 5. The van der Waals surface area contributed by atoms with Gasteiger partial charge in [0.1, 0.15) is 0 Å². The molecular formula is C14H26O4. The molecule has 0 aromatic heterocycles. The van der Waals surface area contributed by atoms with E-state index in [4.69, 9.17) is 5.11 Å². The first kappa shape index (κ1) is 15.4. The van der Waals surface area contributed by atoms with E-state index in [0.29, 0.717) is 18.8 Å². The molecule has 4 atom stereocenters. The van der Waals surface area contributed by atoms with Crippen molar-refractivity contribution in [1.29, 1.82) is 0 Å². The van der Waals surface area contributed by atoms with Crippen molar-refractivity contribution in [3.8, 4) is 0 Å². The van der Waals surface area contributed by atoms with Gasteiger partial charge in [0.25, 0.3) is 0 Å². The SMILES string of the molecule is CC(C)C1CCC(C)(CC(O)CO)CC1C(=O)O. The molecule has 4 unspecified atom stereocenters. The summed E-state index contributed by atoms with van der Waals surface area (Å²) < 4.78 is 0. The summed E-state index contributed by atoms with van der Waals surface area (Å²) in [6, 6.07) is 0. The number of aliphatic hydroxyl groups excluding tert-OH is 2. The number of carboxylic acids is 1. The third-order valence-electron chi connectivity index (χ3n) is 4.42. The molecule has 106 valence electrons. The second kappa shape index (κ2) is 6.02. The summed E-state index contributed by atoms with van der Waals surface area (Å²) in [7, 11) is 0. The summed E-state index contributed by atoms with van der Waals surface area (Å²) in [6.07, 6.45) is 2.17. The topological polar surface area (TPSA) is 77.8 Å². The van der Waals surface area contributed by atoms with E-state index in [9.17, 15) is 15.0 Å². The second-order valence-corrected chi connectivity index (χ2v) is 6.45. The molecule has 0 saturated heterocycles. The largest absolute Gasteiger partial charge is 0.481 e. The first-order valence-electron chi connectivity index (χ1n) is 6.81. The highest BCUT2D eigenvalue weighted by molar-refractivity contribution is 5.70. The van der Waals surface area contributed by atoms with Crippen molar-refractivity contribution in [2.75, 3.05) is 6.61 Å². The fourth-order valence-electron chi connectivity index (χ4n) is 3.39. The highest BCUT2D eigenvalue weighted by Gasteiger charge is 2.42. The summed E-state index contributed by atoms with van der Waals surface area (Å²) >= 11 is 0. The Hall–Kier alpha value is -0.610. The Labute approximate surface area is 109 Å². The van der Waals surface area contributed by atoms with Crippen LogP contribution in [-0.2, 0) is 4.79 Å². The number of aliphatic hydroxyl groups is 2. The maximum atomic E-state index is 11.4. The average Bonchev–Trinajstić information content (AvgIpc) is 2.27. The van der Waals surface area contributed by atoms with Gasteiger partial charge in [-0.1, -0.05) is 20.8 Å². The standard InChI is InChI=1S/C14H26O4/c1-9(2)11-4-5-14(3,6-10(16)8-15)7-12(11)13(17)18/h9-12,15-16H,4-8H2,1-3H3,(H,17,18). The van der Waals surface area contributed by atoms with E-state index >= 15 is 0 Å². The van der Waals surface area contributed by atoms with Gasteiger partial charge in [0.05, 0.1) is 18.6 Å². The van der Waals surface area contributed by atoms with Crippen LogP contribution in [0.25, 0.3) is 0 Å². The van der Waals surface area contributed by atoms with Crippen LogP contribution in [0.4, 0.5) is 0 Å². The highest BCUT2D eigenvalue weighted by atomic mass is 16.4. The monoisotopic (exact) mass is 258 g/mol. The number of aliphatic carboxylic acids is 1. The van der Waals surface area contributed by atoms with E-state index in [-0.39, 0.29) is 23.9 Å². The molecule has 4 nitrogen and oxygen atoms in total. The lowest BCUT2D eigenvalue weighted by molar-refractivity contribution is -0.148. The van der Waals surface area contributed by atoms with E-state index in [1.165, 1.54) is 0 Å².